The normalized spacial score (nSPS) is 13.2. The van der Waals surface area contributed by atoms with Gasteiger partial charge in [-0.3, -0.25) is 4.57 Å². The van der Waals surface area contributed by atoms with E-state index in [1.807, 2.05) is 26.0 Å². The van der Waals surface area contributed by atoms with E-state index in [1.165, 1.54) is 6.20 Å². The zero-order valence-corrected chi connectivity index (χ0v) is 18.0. The Balaban J connectivity index is 1.80. The van der Waals surface area contributed by atoms with Crippen LogP contribution in [0.5, 0.6) is 11.8 Å². The summed E-state index contributed by atoms with van der Waals surface area (Å²) in [7, 11) is -4.05. The number of nitrogens with one attached hydrogen (secondary N) is 1. The Hall–Kier alpha value is -2.85. The molecule has 3 aromatic rings. The summed E-state index contributed by atoms with van der Waals surface area (Å²) in [5.41, 5.74) is 0.722. The van der Waals surface area contributed by atoms with Crippen molar-refractivity contribution in [3.8, 4) is 11.8 Å². The van der Waals surface area contributed by atoms with Gasteiger partial charge in [-0.1, -0.05) is 17.7 Å². The standard InChI is InChI=1S/C21H22F3N3O3S/c1-4-27-19(13-25-20(27)30-17-9-5-14(2)6-10-17)15(3)26-31(28,29)18-11-7-16(8-12-18)21(22,23)24/h5-13,15,26H,4H2,1-3H3. The molecule has 1 N–H and O–H groups in total. The number of rotatable bonds is 7. The molecule has 1 atom stereocenters. The van der Waals surface area contributed by atoms with Crippen LogP contribution in [-0.2, 0) is 22.7 Å². The molecule has 0 bridgehead atoms. The van der Waals surface area contributed by atoms with Crippen LogP contribution in [0, 0.1) is 6.92 Å². The second-order valence-corrected chi connectivity index (χ2v) is 8.70. The van der Waals surface area contributed by atoms with Crippen molar-refractivity contribution in [3.05, 3.63) is 71.5 Å². The fourth-order valence-electron chi connectivity index (χ4n) is 3.01. The zero-order valence-electron chi connectivity index (χ0n) is 17.1. The molecule has 1 aromatic heterocycles. The molecule has 6 nitrogen and oxygen atoms in total. The number of hydrogen-bond acceptors (Lipinski definition) is 4. The van der Waals surface area contributed by atoms with Gasteiger partial charge in [0, 0.05) is 6.54 Å². The molecule has 0 saturated carbocycles. The van der Waals surface area contributed by atoms with Gasteiger partial charge < -0.3 is 4.74 Å². The number of sulfonamides is 1. The molecule has 0 saturated heterocycles. The van der Waals surface area contributed by atoms with Gasteiger partial charge >= 0.3 is 12.2 Å². The minimum atomic E-state index is -4.54. The molecule has 0 aliphatic heterocycles. The van der Waals surface area contributed by atoms with Crippen molar-refractivity contribution < 1.29 is 26.3 Å². The smallest absolute Gasteiger partial charge is 0.416 e. The van der Waals surface area contributed by atoms with Crippen LogP contribution in [0.4, 0.5) is 13.2 Å². The third-order valence-electron chi connectivity index (χ3n) is 4.66. The van der Waals surface area contributed by atoms with E-state index in [2.05, 4.69) is 9.71 Å². The second kappa shape index (κ2) is 8.72. The van der Waals surface area contributed by atoms with Crippen LogP contribution in [-0.4, -0.2) is 18.0 Å². The molecule has 0 spiro atoms. The number of ether oxygens (including phenoxy) is 1. The SMILES string of the molecule is CCn1c(C(C)NS(=O)(=O)c2ccc(C(F)(F)F)cc2)cnc1Oc1ccc(C)cc1. The van der Waals surface area contributed by atoms with Crippen LogP contribution in [0.25, 0.3) is 0 Å². The van der Waals surface area contributed by atoms with Crippen LogP contribution in [0.15, 0.2) is 59.6 Å². The number of benzene rings is 2. The van der Waals surface area contributed by atoms with Crippen molar-refractivity contribution in [2.24, 2.45) is 0 Å². The van der Waals surface area contributed by atoms with E-state index < -0.39 is 27.8 Å². The molecule has 0 radical (unpaired) electrons. The second-order valence-electron chi connectivity index (χ2n) is 6.99. The average Bonchev–Trinajstić information content (AvgIpc) is 3.11. The Labute approximate surface area is 178 Å². The van der Waals surface area contributed by atoms with Crippen molar-refractivity contribution in [2.45, 2.75) is 44.4 Å². The van der Waals surface area contributed by atoms with Crippen LogP contribution < -0.4 is 9.46 Å². The number of aryl methyl sites for hydroxylation is 1. The first-order valence-electron chi connectivity index (χ1n) is 9.51. The fraction of sp³-hybridized carbons (Fsp3) is 0.286. The van der Waals surface area contributed by atoms with Gasteiger partial charge in [-0.05, 0) is 57.2 Å². The summed E-state index contributed by atoms with van der Waals surface area (Å²) in [5.74, 6) is 0.593. The lowest BCUT2D eigenvalue weighted by molar-refractivity contribution is -0.137. The highest BCUT2D eigenvalue weighted by Gasteiger charge is 2.31. The summed E-state index contributed by atoms with van der Waals surface area (Å²) >= 11 is 0. The maximum atomic E-state index is 12.7. The molecule has 0 amide bonds. The Morgan fingerprint density at radius 1 is 1.10 bits per heavy atom. The Bertz CT molecular complexity index is 1140. The lowest BCUT2D eigenvalue weighted by Crippen LogP contribution is -2.28. The summed E-state index contributed by atoms with van der Waals surface area (Å²) in [4.78, 5) is 3.99. The first-order valence-corrected chi connectivity index (χ1v) is 11.0. The highest BCUT2D eigenvalue weighted by Crippen LogP contribution is 2.30. The van der Waals surface area contributed by atoms with Gasteiger partial charge in [0.1, 0.15) is 5.75 Å². The molecule has 31 heavy (non-hydrogen) atoms. The Morgan fingerprint density at radius 3 is 2.26 bits per heavy atom. The average molecular weight is 453 g/mol. The highest BCUT2D eigenvalue weighted by molar-refractivity contribution is 7.89. The number of aromatic nitrogens is 2. The lowest BCUT2D eigenvalue weighted by atomic mass is 10.2. The molecule has 10 heteroatoms. The Morgan fingerprint density at radius 2 is 1.71 bits per heavy atom. The number of halogens is 3. The summed E-state index contributed by atoms with van der Waals surface area (Å²) in [6, 6.07) is 10.4. The molecule has 2 aromatic carbocycles. The van der Waals surface area contributed by atoms with E-state index in [0.717, 1.165) is 29.8 Å². The predicted molar refractivity (Wildman–Crippen MR) is 109 cm³/mol. The minimum Gasteiger partial charge on any atom is -0.426 e. The fourth-order valence-corrected chi connectivity index (χ4v) is 4.23. The third kappa shape index (κ3) is 5.26. The van der Waals surface area contributed by atoms with Gasteiger partial charge in [-0.15, -0.1) is 0 Å². The molecule has 0 fully saturated rings. The van der Waals surface area contributed by atoms with E-state index in [-0.39, 0.29) is 4.90 Å². The molecule has 1 heterocycles. The first-order chi connectivity index (χ1) is 14.5. The van der Waals surface area contributed by atoms with E-state index >= 15 is 0 Å². The van der Waals surface area contributed by atoms with Crippen LogP contribution >= 0.6 is 0 Å². The Kier molecular flexibility index (Phi) is 6.42. The largest absolute Gasteiger partial charge is 0.426 e. The number of imidazole rings is 1. The van der Waals surface area contributed by atoms with E-state index in [9.17, 15) is 21.6 Å². The number of nitrogens with zero attached hydrogens (tertiary/aromatic N) is 2. The molecular formula is C21H22F3N3O3S. The monoisotopic (exact) mass is 453 g/mol. The molecule has 0 aliphatic carbocycles. The lowest BCUT2D eigenvalue weighted by Gasteiger charge is -2.17. The molecule has 1 unspecified atom stereocenters. The number of hydrogen-bond donors (Lipinski definition) is 1. The van der Waals surface area contributed by atoms with Gasteiger partial charge in [0.2, 0.25) is 10.0 Å². The number of alkyl halides is 3. The summed E-state index contributed by atoms with van der Waals surface area (Å²) in [6.45, 7) is 5.92. The van der Waals surface area contributed by atoms with Crippen LogP contribution in [0.1, 0.15) is 36.7 Å². The van der Waals surface area contributed by atoms with Crippen LogP contribution in [0.3, 0.4) is 0 Å². The molecule has 3 rings (SSSR count). The minimum absolute atomic E-state index is 0.258. The molecule has 166 valence electrons. The maximum Gasteiger partial charge on any atom is 0.416 e. The van der Waals surface area contributed by atoms with Crippen molar-refractivity contribution in [1.29, 1.82) is 0 Å². The third-order valence-corrected chi connectivity index (χ3v) is 6.22. The van der Waals surface area contributed by atoms with Gasteiger partial charge in [0.15, 0.2) is 0 Å². The van der Waals surface area contributed by atoms with E-state index in [1.54, 1.807) is 23.6 Å². The summed E-state index contributed by atoms with van der Waals surface area (Å²) < 4.78 is 73.5. The van der Waals surface area contributed by atoms with Gasteiger partial charge in [-0.25, -0.2) is 18.1 Å². The van der Waals surface area contributed by atoms with Gasteiger partial charge in [0.25, 0.3) is 0 Å². The van der Waals surface area contributed by atoms with Crippen LogP contribution in [0.2, 0.25) is 0 Å². The van der Waals surface area contributed by atoms with Crippen molar-refractivity contribution in [3.63, 3.8) is 0 Å². The zero-order chi connectivity index (χ0) is 22.8. The molecule has 0 aliphatic rings. The topological polar surface area (TPSA) is 73.2 Å². The van der Waals surface area contributed by atoms with E-state index in [0.29, 0.717) is 24.0 Å². The quantitative estimate of drug-likeness (QED) is 0.543. The first kappa shape index (κ1) is 22.8. The van der Waals surface area contributed by atoms with Crippen molar-refractivity contribution in [1.82, 2.24) is 14.3 Å². The van der Waals surface area contributed by atoms with Gasteiger partial charge in [0.05, 0.1) is 28.4 Å². The van der Waals surface area contributed by atoms with Gasteiger partial charge in [-0.2, -0.15) is 13.2 Å². The highest BCUT2D eigenvalue weighted by atomic mass is 32.2. The maximum absolute atomic E-state index is 12.7. The summed E-state index contributed by atoms with van der Waals surface area (Å²) in [5, 5.41) is 0. The van der Waals surface area contributed by atoms with Crippen molar-refractivity contribution in [2.75, 3.05) is 0 Å². The molecular weight excluding hydrogens is 431 g/mol. The predicted octanol–water partition coefficient (Wildman–Crippen LogP) is 5.06. The van der Waals surface area contributed by atoms with E-state index in [4.69, 9.17) is 4.74 Å². The summed E-state index contributed by atoms with van der Waals surface area (Å²) in [6.07, 6.45) is -3.03. The van der Waals surface area contributed by atoms with Crippen molar-refractivity contribution >= 4 is 10.0 Å².